The molecule has 7 unspecified atom stereocenters. The molecule has 4 rings (SSSR count). The number of carbonyl (C=O) groups excluding carboxylic acids is 4. The number of hydrogen-bond donors (Lipinski definition) is 0. The molecule has 4 aliphatic rings. The molecular formula is C25H36O6. The topological polar surface area (TPSA) is 86.7 Å². The Kier molecular flexibility index (Phi) is 5.58. The highest BCUT2D eigenvalue weighted by Crippen LogP contribution is 2.68. The predicted octanol–water partition coefficient (Wildman–Crippen LogP) is 3.89. The van der Waals surface area contributed by atoms with Crippen molar-refractivity contribution in [3.8, 4) is 0 Å². The molecule has 0 radical (unpaired) electrons. The first-order valence-corrected chi connectivity index (χ1v) is 11.8. The fraction of sp³-hybridized carbons (Fsp3) is 0.840. The van der Waals surface area contributed by atoms with Gasteiger partial charge in [-0.1, -0.05) is 13.8 Å². The monoisotopic (exact) mass is 432 g/mol. The third-order valence-corrected chi connectivity index (χ3v) is 9.51. The van der Waals surface area contributed by atoms with Gasteiger partial charge in [0, 0.05) is 44.4 Å². The quantitative estimate of drug-likeness (QED) is 0.629. The van der Waals surface area contributed by atoms with Crippen LogP contribution in [0.15, 0.2) is 0 Å². The third-order valence-electron chi connectivity index (χ3n) is 9.51. The van der Waals surface area contributed by atoms with Crippen molar-refractivity contribution in [3.05, 3.63) is 0 Å². The molecule has 0 aromatic carbocycles. The summed E-state index contributed by atoms with van der Waals surface area (Å²) in [6.07, 6.45) is 4.30. The molecule has 31 heavy (non-hydrogen) atoms. The van der Waals surface area contributed by atoms with Gasteiger partial charge in [-0.05, 0) is 61.7 Å². The lowest BCUT2D eigenvalue weighted by Crippen LogP contribution is -2.63. The molecule has 0 saturated heterocycles. The Labute approximate surface area is 184 Å². The molecule has 0 aromatic heterocycles. The van der Waals surface area contributed by atoms with Crippen LogP contribution in [0.2, 0.25) is 0 Å². The summed E-state index contributed by atoms with van der Waals surface area (Å²) in [5, 5.41) is 0. The molecule has 6 nitrogen and oxygen atoms in total. The van der Waals surface area contributed by atoms with Crippen LogP contribution in [0.3, 0.4) is 0 Å². The average Bonchev–Trinajstić information content (AvgIpc) is 2.99. The van der Waals surface area contributed by atoms with Gasteiger partial charge in [0.05, 0.1) is 0 Å². The Balaban J connectivity index is 1.79. The van der Waals surface area contributed by atoms with E-state index in [-0.39, 0.29) is 70.2 Å². The van der Waals surface area contributed by atoms with Gasteiger partial charge >= 0.3 is 11.9 Å². The van der Waals surface area contributed by atoms with Crippen LogP contribution >= 0.6 is 0 Å². The van der Waals surface area contributed by atoms with Crippen molar-refractivity contribution in [2.75, 3.05) is 0 Å². The number of ketones is 2. The molecule has 4 aliphatic carbocycles. The Morgan fingerprint density at radius 1 is 0.903 bits per heavy atom. The van der Waals surface area contributed by atoms with Crippen LogP contribution in [0.1, 0.15) is 79.6 Å². The van der Waals surface area contributed by atoms with E-state index in [0.29, 0.717) is 31.6 Å². The largest absolute Gasteiger partial charge is 0.462 e. The van der Waals surface area contributed by atoms with Gasteiger partial charge in [0.15, 0.2) is 0 Å². The molecule has 0 amide bonds. The van der Waals surface area contributed by atoms with Gasteiger partial charge in [-0.3, -0.25) is 19.2 Å². The first kappa shape index (κ1) is 22.5. The van der Waals surface area contributed by atoms with Crippen molar-refractivity contribution in [1.29, 1.82) is 0 Å². The van der Waals surface area contributed by atoms with Gasteiger partial charge in [-0.25, -0.2) is 0 Å². The second kappa shape index (κ2) is 7.70. The number of esters is 2. The van der Waals surface area contributed by atoms with E-state index in [0.717, 1.165) is 19.3 Å². The van der Waals surface area contributed by atoms with E-state index in [1.54, 1.807) is 6.92 Å². The van der Waals surface area contributed by atoms with Crippen molar-refractivity contribution in [2.45, 2.75) is 91.8 Å². The molecule has 0 heterocycles. The smallest absolute Gasteiger partial charge is 0.302 e. The van der Waals surface area contributed by atoms with Gasteiger partial charge in [-0.15, -0.1) is 0 Å². The van der Waals surface area contributed by atoms with E-state index in [2.05, 4.69) is 13.8 Å². The molecule has 172 valence electrons. The van der Waals surface area contributed by atoms with E-state index >= 15 is 0 Å². The van der Waals surface area contributed by atoms with Crippen molar-refractivity contribution in [2.24, 2.45) is 40.4 Å². The van der Waals surface area contributed by atoms with E-state index < -0.39 is 0 Å². The molecule has 4 fully saturated rings. The Morgan fingerprint density at radius 3 is 2.16 bits per heavy atom. The number of carbonyl (C=O) groups is 4. The maximum absolute atomic E-state index is 12.5. The summed E-state index contributed by atoms with van der Waals surface area (Å²) in [5.74, 6) is 0.394. The highest BCUT2D eigenvalue weighted by Gasteiger charge is 2.66. The van der Waals surface area contributed by atoms with E-state index in [9.17, 15) is 19.2 Å². The SMILES string of the molecule is CC(=O)OC1CC2C3CCC(C(C)=O)C3(C)C[C@@H](OC(C)=O)C2C2(C)CCC(=O)C[C@H]12. The summed E-state index contributed by atoms with van der Waals surface area (Å²) in [5.41, 5.74) is -0.464. The summed E-state index contributed by atoms with van der Waals surface area (Å²) >= 11 is 0. The van der Waals surface area contributed by atoms with Crippen molar-refractivity contribution >= 4 is 23.5 Å². The van der Waals surface area contributed by atoms with Gasteiger partial charge in [0.25, 0.3) is 0 Å². The van der Waals surface area contributed by atoms with Crippen LogP contribution in [0, 0.1) is 40.4 Å². The molecule has 6 heteroatoms. The summed E-state index contributed by atoms with van der Waals surface area (Å²) in [4.78, 5) is 49.0. The second-order valence-corrected chi connectivity index (χ2v) is 11.1. The van der Waals surface area contributed by atoms with Crippen LogP contribution < -0.4 is 0 Å². The lowest BCUT2D eigenvalue weighted by molar-refractivity contribution is -0.216. The molecule has 4 saturated carbocycles. The number of fused-ring (bicyclic) bond motifs is 5. The first-order chi connectivity index (χ1) is 14.5. The molecule has 0 aromatic rings. The van der Waals surface area contributed by atoms with Crippen LogP contribution in [0.5, 0.6) is 0 Å². The van der Waals surface area contributed by atoms with E-state index in [1.807, 2.05) is 0 Å². The van der Waals surface area contributed by atoms with Gasteiger partial charge in [0.2, 0.25) is 0 Å². The van der Waals surface area contributed by atoms with Crippen molar-refractivity contribution in [3.63, 3.8) is 0 Å². The summed E-state index contributed by atoms with van der Waals surface area (Å²) in [7, 11) is 0. The van der Waals surface area contributed by atoms with Crippen LogP contribution in [0.25, 0.3) is 0 Å². The maximum Gasteiger partial charge on any atom is 0.302 e. The minimum absolute atomic E-state index is 0.0258. The Hall–Kier alpha value is -1.72. The highest BCUT2D eigenvalue weighted by atomic mass is 16.5. The van der Waals surface area contributed by atoms with Crippen LogP contribution in [0.4, 0.5) is 0 Å². The predicted molar refractivity (Wildman–Crippen MR) is 113 cm³/mol. The molecule has 9 atom stereocenters. The minimum Gasteiger partial charge on any atom is -0.462 e. The normalized spacial score (nSPS) is 46.4. The fourth-order valence-electron chi connectivity index (χ4n) is 8.49. The Bertz CT molecular complexity index is 804. The molecular weight excluding hydrogens is 396 g/mol. The van der Waals surface area contributed by atoms with Crippen molar-refractivity contribution < 1.29 is 28.7 Å². The number of rotatable bonds is 3. The number of hydrogen-bond acceptors (Lipinski definition) is 6. The zero-order valence-corrected chi connectivity index (χ0v) is 19.4. The summed E-state index contributed by atoms with van der Waals surface area (Å²) < 4.78 is 11.8. The fourth-order valence-corrected chi connectivity index (χ4v) is 8.49. The van der Waals surface area contributed by atoms with E-state index in [1.165, 1.54) is 13.8 Å². The summed E-state index contributed by atoms with van der Waals surface area (Å²) in [6, 6.07) is 0. The standard InChI is InChI=1S/C25H36O6/c1-13(26)18-6-7-19-17-11-21(30-14(2)27)20-10-16(29)8-9-24(20,4)23(17)22(31-15(3)28)12-25(18,19)5/h17-23H,6-12H2,1-5H3/t17?,18?,19?,20-,21?,22-,23?,24?,25?/m1/s1. The average molecular weight is 433 g/mol. The molecule has 0 bridgehead atoms. The molecule has 0 spiro atoms. The zero-order valence-electron chi connectivity index (χ0n) is 19.4. The van der Waals surface area contributed by atoms with Crippen LogP contribution in [-0.4, -0.2) is 35.7 Å². The second-order valence-electron chi connectivity index (χ2n) is 11.1. The minimum atomic E-state index is -0.313. The van der Waals surface area contributed by atoms with Gasteiger partial charge in [-0.2, -0.15) is 0 Å². The molecule has 0 N–H and O–H groups in total. The number of Topliss-reactive ketones (excluding diaryl/α,β-unsaturated/α-hetero) is 2. The lowest BCUT2D eigenvalue weighted by atomic mass is 9.43. The van der Waals surface area contributed by atoms with Crippen molar-refractivity contribution in [1.82, 2.24) is 0 Å². The van der Waals surface area contributed by atoms with Gasteiger partial charge < -0.3 is 9.47 Å². The maximum atomic E-state index is 12.5. The summed E-state index contributed by atoms with van der Waals surface area (Å²) in [6.45, 7) is 8.98. The van der Waals surface area contributed by atoms with Gasteiger partial charge in [0.1, 0.15) is 23.8 Å². The lowest BCUT2D eigenvalue weighted by Gasteiger charge is -2.63. The third kappa shape index (κ3) is 3.54. The number of ether oxygens (including phenoxy) is 2. The first-order valence-electron chi connectivity index (χ1n) is 11.8. The zero-order chi connectivity index (χ0) is 22.7. The van der Waals surface area contributed by atoms with Crippen LogP contribution in [-0.2, 0) is 28.7 Å². The molecule has 0 aliphatic heterocycles. The highest BCUT2D eigenvalue weighted by molar-refractivity contribution is 5.80. The van der Waals surface area contributed by atoms with E-state index in [4.69, 9.17) is 9.47 Å². The Morgan fingerprint density at radius 2 is 1.55 bits per heavy atom.